The van der Waals surface area contributed by atoms with Crippen molar-refractivity contribution in [2.24, 2.45) is 0 Å². The summed E-state index contributed by atoms with van der Waals surface area (Å²) in [5, 5.41) is 21.8. The lowest BCUT2D eigenvalue weighted by molar-refractivity contribution is -0.491. The Morgan fingerprint density at radius 3 is 2.03 bits per heavy atom. The van der Waals surface area contributed by atoms with E-state index < -0.39 is 25.9 Å². The molecular weight excluding hydrogens is 402 g/mol. The molecule has 1 N–H and O–H groups in total. The van der Waals surface area contributed by atoms with Crippen LogP contribution in [-0.4, -0.2) is 35.4 Å². The fourth-order valence-electron chi connectivity index (χ4n) is 3.29. The monoisotopic (exact) mass is 438 g/mol. The maximum absolute atomic E-state index is 11.1. The van der Waals surface area contributed by atoms with Gasteiger partial charge in [0.05, 0.1) is 6.61 Å². The Hall–Kier alpha value is -1.23. The molecule has 0 bridgehead atoms. The standard InChI is InChI=1S/C21H36NO5Si2/c1-13-14(2)19(27-29(9,10)21(6,7)8)18(20(3,4)5)15(12-26-28)17(13)16(23)11-22(24)25/h16,23H,11-12H2,1-10H3. The first-order valence-electron chi connectivity index (χ1n) is 9.89. The molecule has 0 saturated carbocycles. The van der Waals surface area contributed by atoms with Crippen molar-refractivity contribution >= 4 is 18.8 Å². The van der Waals surface area contributed by atoms with Gasteiger partial charge in [-0.05, 0) is 59.6 Å². The van der Waals surface area contributed by atoms with E-state index in [0.29, 0.717) is 5.56 Å². The summed E-state index contributed by atoms with van der Waals surface area (Å²) < 4.78 is 12.1. The maximum Gasteiger partial charge on any atom is 0.250 e. The van der Waals surface area contributed by atoms with Crippen molar-refractivity contribution in [2.75, 3.05) is 6.54 Å². The molecule has 1 rings (SSSR count). The van der Waals surface area contributed by atoms with Crippen LogP contribution in [0.4, 0.5) is 0 Å². The van der Waals surface area contributed by atoms with Gasteiger partial charge in [0.1, 0.15) is 11.9 Å². The lowest BCUT2D eigenvalue weighted by atomic mass is 9.77. The van der Waals surface area contributed by atoms with Gasteiger partial charge in [0.2, 0.25) is 17.0 Å². The number of hydrogen-bond acceptors (Lipinski definition) is 5. The number of hydrogen-bond donors (Lipinski definition) is 1. The van der Waals surface area contributed by atoms with Crippen LogP contribution >= 0.6 is 0 Å². The molecule has 163 valence electrons. The first-order chi connectivity index (χ1) is 13.0. The van der Waals surface area contributed by atoms with Crippen LogP contribution in [0, 0.1) is 24.0 Å². The lowest BCUT2D eigenvalue weighted by Crippen LogP contribution is -2.44. The molecule has 1 atom stereocenters. The third-order valence-electron chi connectivity index (χ3n) is 5.95. The summed E-state index contributed by atoms with van der Waals surface area (Å²) in [5.74, 6) is 0.817. The summed E-state index contributed by atoms with van der Waals surface area (Å²) in [5.41, 5.74) is 3.64. The van der Waals surface area contributed by atoms with Crippen molar-refractivity contribution in [1.29, 1.82) is 0 Å². The van der Waals surface area contributed by atoms with Crippen LogP contribution in [0.15, 0.2) is 0 Å². The van der Waals surface area contributed by atoms with E-state index in [2.05, 4.69) is 65.1 Å². The van der Waals surface area contributed by atoms with Gasteiger partial charge in [-0.25, -0.2) is 0 Å². The summed E-state index contributed by atoms with van der Waals surface area (Å²) in [6, 6.07) is 0. The zero-order chi connectivity index (χ0) is 22.9. The maximum atomic E-state index is 11.1. The van der Waals surface area contributed by atoms with Gasteiger partial charge in [0.15, 0.2) is 0 Å². The van der Waals surface area contributed by atoms with E-state index in [4.69, 9.17) is 8.85 Å². The van der Waals surface area contributed by atoms with E-state index >= 15 is 0 Å². The highest BCUT2D eigenvalue weighted by atomic mass is 28.4. The topological polar surface area (TPSA) is 81.8 Å². The molecule has 8 heteroatoms. The summed E-state index contributed by atoms with van der Waals surface area (Å²) in [4.78, 5) is 10.6. The fraction of sp³-hybridized carbons (Fsp3) is 0.714. The van der Waals surface area contributed by atoms with Crippen molar-refractivity contribution in [1.82, 2.24) is 0 Å². The molecule has 0 aromatic heterocycles. The summed E-state index contributed by atoms with van der Waals surface area (Å²) in [6.45, 7) is 20.7. The van der Waals surface area contributed by atoms with Crippen LogP contribution in [0.1, 0.15) is 75.5 Å². The largest absolute Gasteiger partial charge is 0.543 e. The molecule has 0 aliphatic carbocycles. The minimum absolute atomic E-state index is 0.0119. The van der Waals surface area contributed by atoms with Crippen molar-refractivity contribution in [3.63, 3.8) is 0 Å². The molecule has 0 aliphatic rings. The average Bonchev–Trinajstić information content (AvgIpc) is 2.49. The zero-order valence-electron chi connectivity index (χ0n) is 19.5. The molecular formula is C21H36NO5Si2. The number of rotatable bonds is 7. The molecule has 0 aliphatic heterocycles. The molecule has 0 amide bonds. The Morgan fingerprint density at radius 2 is 1.66 bits per heavy atom. The van der Waals surface area contributed by atoms with E-state index in [1.54, 1.807) is 0 Å². The van der Waals surface area contributed by atoms with E-state index in [9.17, 15) is 15.2 Å². The Morgan fingerprint density at radius 1 is 1.14 bits per heavy atom. The van der Waals surface area contributed by atoms with Gasteiger partial charge in [0.25, 0.3) is 8.32 Å². The summed E-state index contributed by atoms with van der Waals surface area (Å²) in [6.07, 6.45) is -1.22. The molecule has 1 aromatic rings. The molecule has 0 heterocycles. The molecule has 3 radical (unpaired) electrons. The SMILES string of the molecule is Cc1c(C)c(C(O)C[N+](=O)[O-])c(CO[Si])c(C(C)(C)C)c1O[Si](C)(C)C(C)(C)C. The van der Waals surface area contributed by atoms with Crippen LogP contribution in [-0.2, 0) is 16.4 Å². The van der Waals surface area contributed by atoms with Crippen molar-refractivity contribution in [3.05, 3.63) is 37.9 Å². The minimum Gasteiger partial charge on any atom is -0.543 e. The number of benzene rings is 1. The molecule has 1 aromatic carbocycles. The first kappa shape index (κ1) is 25.8. The first-order valence-corrected chi connectivity index (χ1v) is 13.2. The zero-order valence-corrected chi connectivity index (χ0v) is 21.5. The average molecular weight is 439 g/mol. The second kappa shape index (κ2) is 8.87. The van der Waals surface area contributed by atoms with Crippen LogP contribution in [0.2, 0.25) is 18.1 Å². The summed E-state index contributed by atoms with van der Waals surface area (Å²) >= 11 is 0. The van der Waals surface area contributed by atoms with E-state index in [-0.39, 0.29) is 17.1 Å². The Labute approximate surface area is 179 Å². The highest BCUT2D eigenvalue weighted by molar-refractivity contribution is 6.74. The smallest absolute Gasteiger partial charge is 0.250 e. The number of nitrogens with zero attached hydrogens (tertiary/aromatic N) is 1. The Balaban J connectivity index is 3.94. The quantitative estimate of drug-likeness (QED) is 0.372. The second-order valence-electron chi connectivity index (χ2n) is 10.3. The van der Waals surface area contributed by atoms with E-state index in [1.165, 1.54) is 0 Å². The van der Waals surface area contributed by atoms with Crippen molar-refractivity contribution in [2.45, 2.75) is 91.6 Å². The molecule has 0 fully saturated rings. The molecule has 29 heavy (non-hydrogen) atoms. The third kappa shape index (κ3) is 5.68. The lowest BCUT2D eigenvalue weighted by Gasteiger charge is -2.40. The van der Waals surface area contributed by atoms with Crippen molar-refractivity contribution < 1.29 is 18.9 Å². The molecule has 0 saturated heterocycles. The number of aliphatic hydroxyl groups excluding tert-OH is 1. The van der Waals surface area contributed by atoms with Gasteiger partial charge < -0.3 is 14.0 Å². The van der Waals surface area contributed by atoms with Gasteiger partial charge in [0, 0.05) is 10.5 Å². The summed E-state index contributed by atoms with van der Waals surface area (Å²) in [7, 11) is 0.937. The van der Waals surface area contributed by atoms with Gasteiger partial charge in [-0.1, -0.05) is 41.5 Å². The van der Waals surface area contributed by atoms with Gasteiger partial charge in [-0.3, -0.25) is 10.1 Å². The van der Waals surface area contributed by atoms with Crippen molar-refractivity contribution in [3.8, 4) is 5.75 Å². The van der Waals surface area contributed by atoms with Crippen LogP contribution in [0.25, 0.3) is 0 Å². The molecule has 6 nitrogen and oxygen atoms in total. The number of nitro groups is 1. The van der Waals surface area contributed by atoms with Gasteiger partial charge in [-0.15, -0.1) is 0 Å². The van der Waals surface area contributed by atoms with Crippen LogP contribution in [0.3, 0.4) is 0 Å². The number of aliphatic hydroxyl groups is 1. The predicted molar refractivity (Wildman–Crippen MR) is 120 cm³/mol. The Kier molecular flexibility index (Phi) is 7.90. The highest BCUT2D eigenvalue weighted by Crippen LogP contribution is 2.46. The molecule has 1 unspecified atom stereocenters. The van der Waals surface area contributed by atoms with E-state index in [1.807, 2.05) is 13.8 Å². The van der Waals surface area contributed by atoms with Gasteiger partial charge >= 0.3 is 0 Å². The highest BCUT2D eigenvalue weighted by Gasteiger charge is 2.41. The fourth-order valence-corrected chi connectivity index (χ4v) is 4.51. The Bertz CT molecular complexity index is 764. The predicted octanol–water partition coefficient (Wildman–Crippen LogP) is 4.90. The van der Waals surface area contributed by atoms with Crippen LogP contribution < -0.4 is 4.43 Å². The minimum atomic E-state index is -2.15. The van der Waals surface area contributed by atoms with E-state index in [0.717, 1.165) is 28.0 Å². The molecule has 0 spiro atoms. The second-order valence-corrected chi connectivity index (χ2v) is 15.3. The normalized spacial score (nSPS) is 14.1. The van der Waals surface area contributed by atoms with Gasteiger partial charge in [-0.2, -0.15) is 0 Å². The van der Waals surface area contributed by atoms with Crippen LogP contribution in [0.5, 0.6) is 5.75 Å². The third-order valence-corrected chi connectivity index (χ3v) is 10.4.